The Hall–Kier alpha value is -0.447. The summed E-state index contributed by atoms with van der Waals surface area (Å²) < 4.78 is 0. The van der Waals surface area contributed by atoms with E-state index in [1.807, 2.05) is 0 Å². The van der Waals surface area contributed by atoms with Gasteiger partial charge in [-0.25, -0.2) is 0 Å². The number of halogens is 2. The molecule has 0 aliphatic rings. The minimum Gasteiger partial charge on any atom is -1.00 e. The Balaban J connectivity index is 0.00000113. The molecule has 0 fully saturated rings. The van der Waals surface area contributed by atoms with E-state index in [1.54, 1.807) is 0 Å². The summed E-state index contributed by atoms with van der Waals surface area (Å²) in [6.45, 7) is 2.29. The maximum Gasteiger partial charge on any atom is 4.00 e. The van der Waals surface area contributed by atoms with E-state index in [4.69, 9.17) is 0 Å². The molecule has 0 saturated carbocycles. The van der Waals surface area contributed by atoms with Gasteiger partial charge in [0.2, 0.25) is 0 Å². The maximum absolute atomic E-state index is 2.41. The molecule has 0 unspecified atom stereocenters. The van der Waals surface area contributed by atoms with Crippen LogP contribution < -0.4 is 35.4 Å². The van der Waals surface area contributed by atoms with E-state index >= 15 is 0 Å². The van der Waals surface area contributed by atoms with Gasteiger partial charge in [-0.15, -0.1) is 80.7 Å². The molecule has 4 aromatic carbocycles. The number of hydrogen-bond donors (Lipinski definition) is 0. The molecule has 0 amide bonds. The zero-order valence-electron chi connectivity index (χ0n) is 14.8. The first-order chi connectivity index (χ1) is 11.3. The molecule has 0 nitrogen and oxygen atoms in total. The Labute approximate surface area is 188 Å². The molecule has 0 aliphatic carbocycles. The molecular weight excluding hydrogens is 457 g/mol. The Bertz CT molecular complexity index is 801. The quantitative estimate of drug-likeness (QED) is 0.272. The predicted molar refractivity (Wildman–Crippen MR) is 105 cm³/mol. The predicted octanol–water partition coefficient (Wildman–Crippen LogP) is -0.331. The second kappa shape index (κ2) is 10.8. The van der Waals surface area contributed by atoms with Gasteiger partial charge in [0.25, 0.3) is 0 Å². The van der Waals surface area contributed by atoms with Crippen LogP contribution in [0.25, 0.3) is 21.5 Å². The first-order valence-corrected chi connectivity index (χ1v) is 9.96. The summed E-state index contributed by atoms with van der Waals surface area (Å²) in [7, 11) is -0.250. The van der Waals surface area contributed by atoms with E-state index in [9.17, 15) is 0 Å². The largest absolute Gasteiger partial charge is 4.00 e. The average molecular weight is 479 g/mol. The number of unbranched alkanes of at least 4 members (excludes halogenated alkanes) is 1. The summed E-state index contributed by atoms with van der Waals surface area (Å²) >= 11 is 0. The first kappa shape index (κ1) is 23.6. The van der Waals surface area contributed by atoms with E-state index in [1.165, 1.54) is 51.2 Å². The van der Waals surface area contributed by atoms with Crippen LogP contribution in [0.5, 0.6) is 0 Å². The zero-order chi connectivity index (χ0) is 15.6. The van der Waals surface area contributed by atoms with Crippen molar-refractivity contribution in [2.24, 2.45) is 0 Å². The smallest absolute Gasteiger partial charge is 1.00 e. The van der Waals surface area contributed by atoms with Crippen LogP contribution in [-0.4, -0.2) is 6.16 Å². The second-order valence-corrected chi connectivity index (χ2v) is 8.53. The van der Waals surface area contributed by atoms with Gasteiger partial charge in [0.15, 0.2) is 0 Å². The number of fused-ring (bicyclic) bond motifs is 2. The molecule has 4 rings (SSSR count). The van der Waals surface area contributed by atoms with E-state index < -0.39 is 0 Å². The maximum atomic E-state index is 2.41. The molecule has 0 N–H and O–H groups in total. The van der Waals surface area contributed by atoms with Crippen molar-refractivity contribution in [3.05, 3.63) is 72.8 Å². The van der Waals surface area contributed by atoms with Crippen LogP contribution in [-0.2, 0) is 26.2 Å². The van der Waals surface area contributed by atoms with Gasteiger partial charge >= 0.3 is 26.2 Å². The molecule has 26 heavy (non-hydrogen) atoms. The van der Waals surface area contributed by atoms with Gasteiger partial charge in [0, 0.05) is 0 Å². The minimum absolute atomic E-state index is 0. The topological polar surface area (TPSA) is 0 Å². The van der Waals surface area contributed by atoms with E-state index in [0.29, 0.717) is 0 Å². The normalized spacial score (nSPS) is 10.4. The van der Waals surface area contributed by atoms with Gasteiger partial charge in [0.1, 0.15) is 0 Å². The zero-order valence-corrected chi connectivity index (χ0v) is 19.6. The van der Waals surface area contributed by atoms with Crippen molar-refractivity contribution in [3.63, 3.8) is 0 Å². The van der Waals surface area contributed by atoms with Gasteiger partial charge in [-0.1, -0.05) is 33.4 Å². The molecule has 4 heteroatoms. The number of hydrogen-bond acceptors (Lipinski definition) is 0. The Morgan fingerprint density at radius 1 is 0.769 bits per heavy atom. The van der Waals surface area contributed by atoms with Gasteiger partial charge in [-0.05, 0) is 12.6 Å². The van der Waals surface area contributed by atoms with Crippen molar-refractivity contribution in [1.29, 1.82) is 0 Å². The fourth-order valence-electron chi connectivity index (χ4n) is 3.30. The van der Waals surface area contributed by atoms with Crippen LogP contribution in [0.15, 0.2) is 72.8 Å². The van der Waals surface area contributed by atoms with Crippen molar-refractivity contribution in [1.82, 2.24) is 0 Å². The van der Waals surface area contributed by atoms with Crippen LogP contribution in [0, 0.1) is 0 Å². The fraction of sp³-hybridized carbons (Fsp3) is 0.182. The third kappa shape index (κ3) is 4.88. The van der Waals surface area contributed by atoms with Crippen molar-refractivity contribution in [3.8, 4) is 0 Å². The molecule has 0 saturated heterocycles. The summed E-state index contributed by atoms with van der Waals surface area (Å²) in [4.78, 5) is 0. The van der Waals surface area contributed by atoms with Gasteiger partial charge in [-0.2, -0.15) is 12.1 Å². The van der Waals surface area contributed by atoms with E-state index in [-0.39, 0.29) is 58.9 Å². The van der Waals surface area contributed by atoms with E-state index in [2.05, 4.69) is 79.7 Å². The van der Waals surface area contributed by atoms with Crippen molar-refractivity contribution >= 4 is 40.1 Å². The number of rotatable bonds is 5. The molecule has 0 aromatic heterocycles. The average Bonchev–Trinajstić information content (AvgIpc) is 3.19. The van der Waals surface area contributed by atoms with Gasteiger partial charge in [-0.3, -0.25) is 0 Å². The van der Waals surface area contributed by atoms with Crippen molar-refractivity contribution < 1.29 is 51.0 Å². The molecule has 132 valence electrons. The molecule has 4 aromatic rings. The molecule has 0 spiro atoms. The second-order valence-electron chi connectivity index (χ2n) is 6.19. The van der Waals surface area contributed by atoms with Gasteiger partial charge in [0.05, 0.1) is 0 Å². The number of benzene rings is 2. The Morgan fingerprint density at radius 3 is 1.65 bits per heavy atom. The monoisotopic (exact) mass is 476 g/mol. The summed E-state index contributed by atoms with van der Waals surface area (Å²) in [5, 5.41) is 8.57. The molecule has 0 radical (unpaired) electrons. The molecule has 0 atom stereocenters. The summed E-state index contributed by atoms with van der Waals surface area (Å²) in [5.41, 5.74) is 0. The fourth-order valence-corrected chi connectivity index (χ4v) is 5.93. The summed E-state index contributed by atoms with van der Waals surface area (Å²) in [5.74, 6) is 0. The molecule has 0 heterocycles. The van der Waals surface area contributed by atoms with Crippen molar-refractivity contribution in [2.45, 2.75) is 19.8 Å². The van der Waals surface area contributed by atoms with Crippen LogP contribution in [0.4, 0.5) is 0 Å². The summed E-state index contributed by atoms with van der Waals surface area (Å²) in [6.07, 6.45) is 3.85. The molecular formula is C22H21Cl2PZr. The first-order valence-electron chi connectivity index (χ1n) is 8.43. The summed E-state index contributed by atoms with van der Waals surface area (Å²) in [6, 6.07) is 27.1. The SMILES string of the molecule is CCCCP(c1cc2ccccc2[cH-]1)c1cc2ccccc2[cH-]1.[Cl-].[Cl-].[Zr+4]. The van der Waals surface area contributed by atoms with Crippen LogP contribution in [0.2, 0.25) is 0 Å². The Morgan fingerprint density at radius 2 is 1.23 bits per heavy atom. The van der Waals surface area contributed by atoms with Gasteiger partial charge < -0.3 is 24.8 Å². The molecule has 0 aliphatic heterocycles. The third-order valence-corrected chi connectivity index (χ3v) is 7.09. The van der Waals surface area contributed by atoms with Crippen molar-refractivity contribution in [2.75, 3.05) is 6.16 Å². The Kier molecular flexibility index (Phi) is 9.78. The van der Waals surface area contributed by atoms with Crippen LogP contribution >= 0.6 is 7.92 Å². The standard InChI is InChI=1S/C22H21P.2ClH.Zr/c1-2-3-12-23(21-13-17-8-4-5-9-18(17)14-21)22-15-19-10-6-7-11-20(19)16-22;;;/h4-11,13-16H,2-3,12H2,1H3;2*1H;/q-2;;;+4/p-2. The van der Waals surface area contributed by atoms with E-state index in [0.717, 1.165) is 0 Å². The van der Waals surface area contributed by atoms with Crippen LogP contribution in [0.1, 0.15) is 19.8 Å². The third-order valence-electron chi connectivity index (χ3n) is 4.56. The van der Waals surface area contributed by atoms with Crippen LogP contribution in [0.3, 0.4) is 0 Å². The minimum atomic E-state index is -0.250. The molecule has 0 bridgehead atoms.